The molecule has 0 bridgehead atoms. The third kappa shape index (κ3) is 3.33. The molecule has 1 radical (unpaired) electrons. The van der Waals surface area contributed by atoms with Gasteiger partial charge in [0.25, 0.3) is 0 Å². The van der Waals surface area contributed by atoms with Crippen molar-refractivity contribution in [3.8, 4) is 0 Å². The predicted molar refractivity (Wildman–Crippen MR) is 78.8 cm³/mol. The fourth-order valence-corrected chi connectivity index (χ4v) is 2.91. The summed E-state index contributed by atoms with van der Waals surface area (Å²) < 4.78 is 0. The largest absolute Gasteiger partial charge is 3.00 e. The molecule has 4 rings (SSSR count). The van der Waals surface area contributed by atoms with Crippen LogP contribution in [0.1, 0.15) is 12.0 Å². The summed E-state index contributed by atoms with van der Waals surface area (Å²) in [6.45, 7) is 0. The van der Waals surface area contributed by atoms with E-state index < -0.39 is 0 Å². The van der Waals surface area contributed by atoms with Gasteiger partial charge in [0.05, 0.1) is 0 Å². The SMILES string of the molecule is C1=CCC(c2cccc3c2[cH-]c2ccccc23)=C1.[I-].[I-].[Ti+3]. The van der Waals surface area contributed by atoms with Crippen LogP contribution in [-0.4, -0.2) is 0 Å². The monoisotopic (exact) mass is 531 g/mol. The second kappa shape index (κ2) is 8.00. The molecule has 0 unspecified atom stereocenters. The average molecular weight is 531 g/mol. The number of hydrogen-bond donors (Lipinski definition) is 0. The van der Waals surface area contributed by atoms with E-state index in [0.717, 1.165) is 6.42 Å². The van der Waals surface area contributed by atoms with Crippen LogP contribution in [0.3, 0.4) is 0 Å². The zero-order chi connectivity index (χ0) is 11.9. The number of rotatable bonds is 1. The van der Waals surface area contributed by atoms with Crippen molar-refractivity contribution in [3.05, 3.63) is 72.3 Å². The minimum Gasteiger partial charge on any atom is -1.00 e. The summed E-state index contributed by atoms with van der Waals surface area (Å²) in [7, 11) is 0. The van der Waals surface area contributed by atoms with Gasteiger partial charge >= 0.3 is 21.7 Å². The van der Waals surface area contributed by atoms with Gasteiger partial charge in [0.1, 0.15) is 0 Å². The molecule has 0 amide bonds. The van der Waals surface area contributed by atoms with Gasteiger partial charge in [-0.3, -0.25) is 0 Å². The van der Waals surface area contributed by atoms with Crippen molar-refractivity contribution in [3.63, 3.8) is 0 Å². The van der Waals surface area contributed by atoms with Crippen LogP contribution < -0.4 is 48.0 Å². The van der Waals surface area contributed by atoms with Crippen LogP contribution in [0.4, 0.5) is 0 Å². The molecule has 0 nitrogen and oxygen atoms in total. The van der Waals surface area contributed by atoms with Crippen molar-refractivity contribution in [2.45, 2.75) is 6.42 Å². The Kier molecular flexibility index (Phi) is 7.24. The van der Waals surface area contributed by atoms with Crippen LogP contribution in [0.5, 0.6) is 0 Å². The zero-order valence-corrected chi connectivity index (χ0v) is 17.2. The first kappa shape index (κ1) is 19.0. The Morgan fingerprint density at radius 2 is 1.62 bits per heavy atom. The smallest absolute Gasteiger partial charge is 1.00 e. The van der Waals surface area contributed by atoms with E-state index in [9.17, 15) is 0 Å². The Labute approximate surface area is 174 Å². The van der Waals surface area contributed by atoms with Crippen LogP contribution in [-0.2, 0) is 21.7 Å². The van der Waals surface area contributed by atoms with Gasteiger partial charge in [-0.1, -0.05) is 65.8 Å². The normalized spacial score (nSPS) is 12.5. The second-order valence-corrected chi connectivity index (χ2v) is 4.82. The minimum atomic E-state index is 0. The van der Waals surface area contributed by atoms with E-state index in [4.69, 9.17) is 0 Å². The molecule has 3 aromatic carbocycles. The summed E-state index contributed by atoms with van der Waals surface area (Å²) in [5, 5.41) is 5.46. The topological polar surface area (TPSA) is 0 Å². The molecule has 0 fully saturated rings. The average Bonchev–Trinajstić information content (AvgIpc) is 3.05. The van der Waals surface area contributed by atoms with Gasteiger partial charge in [0.2, 0.25) is 0 Å². The molecule has 0 saturated heterocycles. The molecule has 3 aromatic rings. The van der Waals surface area contributed by atoms with E-state index in [1.165, 1.54) is 32.7 Å². The van der Waals surface area contributed by atoms with Gasteiger partial charge in [-0.2, -0.15) is 0 Å². The first-order valence-corrected chi connectivity index (χ1v) is 6.37. The first-order chi connectivity index (χ1) is 8.93. The summed E-state index contributed by atoms with van der Waals surface area (Å²) in [6.07, 6.45) is 7.65. The molecule has 103 valence electrons. The number of hydrogen-bond acceptors (Lipinski definition) is 0. The quantitative estimate of drug-likeness (QED) is 0.217. The molecular formula is C18H13I2Ti. The molecule has 0 saturated carbocycles. The summed E-state index contributed by atoms with van der Waals surface area (Å²) in [4.78, 5) is 0. The molecule has 0 heterocycles. The maximum absolute atomic E-state index is 2.32. The van der Waals surface area contributed by atoms with Gasteiger partial charge in [0.15, 0.2) is 0 Å². The zero-order valence-electron chi connectivity index (χ0n) is 11.3. The van der Waals surface area contributed by atoms with E-state index in [-0.39, 0.29) is 69.7 Å². The van der Waals surface area contributed by atoms with Gasteiger partial charge in [0, 0.05) is 0 Å². The first-order valence-electron chi connectivity index (χ1n) is 6.37. The van der Waals surface area contributed by atoms with Gasteiger partial charge in [-0.25, -0.2) is 0 Å². The van der Waals surface area contributed by atoms with Crippen LogP contribution in [0.15, 0.2) is 66.8 Å². The third-order valence-electron chi connectivity index (χ3n) is 3.77. The maximum Gasteiger partial charge on any atom is 3.00 e. The van der Waals surface area contributed by atoms with Crippen LogP contribution in [0, 0.1) is 0 Å². The maximum atomic E-state index is 2.32. The van der Waals surface area contributed by atoms with Crippen LogP contribution >= 0.6 is 0 Å². The van der Waals surface area contributed by atoms with Crippen molar-refractivity contribution >= 4 is 27.1 Å². The van der Waals surface area contributed by atoms with Crippen molar-refractivity contribution in [1.29, 1.82) is 0 Å². The van der Waals surface area contributed by atoms with Crippen molar-refractivity contribution in [2.75, 3.05) is 0 Å². The fourth-order valence-electron chi connectivity index (χ4n) is 2.91. The minimum absolute atomic E-state index is 0. The molecule has 0 N–H and O–H groups in total. The van der Waals surface area contributed by atoms with E-state index in [1.54, 1.807) is 0 Å². The standard InChI is InChI=1S/C18H13.2HI.Ti/c1-2-7-13(6-1)15-10-5-11-17-16-9-4-3-8-14(16)12-18(15)17;;;/h1-6,8-12H,7H2;2*1H;/q-1;;;+3/p-2. The predicted octanol–water partition coefficient (Wildman–Crippen LogP) is -0.939. The Hall–Kier alpha value is -0.0357. The summed E-state index contributed by atoms with van der Waals surface area (Å²) in [5.41, 5.74) is 2.81. The molecule has 1 aliphatic carbocycles. The molecular weight excluding hydrogens is 518 g/mol. The molecule has 21 heavy (non-hydrogen) atoms. The number of halogens is 2. The van der Waals surface area contributed by atoms with E-state index in [2.05, 4.69) is 66.8 Å². The van der Waals surface area contributed by atoms with Gasteiger partial charge < -0.3 is 48.0 Å². The van der Waals surface area contributed by atoms with Crippen molar-refractivity contribution in [1.82, 2.24) is 0 Å². The Morgan fingerprint density at radius 1 is 0.857 bits per heavy atom. The Morgan fingerprint density at radius 3 is 2.38 bits per heavy atom. The number of allylic oxidation sites excluding steroid dienone is 4. The second-order valence-electron chi connectivity index (χ2n) is 4.82. The summed E-state index contributed by atoms with van der Waals surface area (Å²) in [6, 6.07) is 17.6. The van der Waals surface area contributed by atoms with E-state index in [1.807, 2.05) is 0 Å². The number of benzene rings is 2. The third-order valence-corrected chi connectivity index (χ3v) is 3.77. The van der Waals surface area contributed by atoms with E-state index in [0.29, 0.717) is 0 Å². The Bertz CT molecular complexity index is 812. The molecule has 0 aromatic heterocycles. The number of fused-ring (bicyclic) bond motifs is 3. The molecule has 0 spiro atoms. The Balaban J connectivity index is 0.000000735. The van der Waals surface area contributed by atoms with Crippen LogP contribution in [0.25, 0.3) is 27.1 Å². The fraction of sp³-hybridized carbons (Fsp3) is 0.0556. The summed E-state index contributed by atoms with van der Waals surface area (Å²) in [5.74, 6) is 0. The molecule has 0 aliphatic heterocycles. The summed E-state index contributed by atoms with van der Waals surface area (Å²) >= 11 is 0. The molecule has 0 atom stereocenters. The van der Waals surface area contributed by atoms with E-state index >= 15 is 0 Å². The molecule has 1 aliphatic rings. The van der Waals surface area contributed by atoms with Crippen LogP contribution in [0.2, 0.25) is 0 Å². The van der Waals surface area contributed by atoms with Crippen molar-refractivity contribution in [2.24, 2.45) is 0 Å². The van der Waals surface area contributed by atoms with Crippen molar-refractivity contribution < 1.29 is 69.7 Å². The van der Waals surface area contributed by atoms with Gasteiger partial charge in [-0.05, 0) is 6.42 Å². The molecule has 3 heteroatoms. The van der Waals surface area contributed by atoms with Gasteiger partial charge in [-0.15, -0.1) is 33.7 Å².